The SMILES string of the molecule is CCN1CCOC(CNc2nccc(C)c2C(=O)O)C1. The quantitative estimate of drug-likeness (QED) is 0.844. The van der Waals surface area contributed by atoms with Crippen molar-refractivity contribution >= 4 is 11.8 Å². The molecule has 1 saturated heterocycles. The number of nitrogens with zero attached hydrogens (tertiary/aromatic N) is 2. The molecule has 1 fully saturated rings. The van der Waals surface area contributed by atoms with Crippen LogP contribution >= 0.6 is 0 Å². The average Bonchev–Trinajstić information content (AvgIpc) is 2.45. The normalized spacial score (nSPS) is 19.8. The topological polar surface area (TPSA) is 74.7 Å². The molecule has 1 unspecified atom stereocenters. The molecule has 0 amide bonds. The van der Waals surface area contributed by atoms with E-state index in [1.807, 2.05) is 0 Å². The summed E-state index contributed by atoms with van der Waals surface area (Å²) >= 11 is 0. The molecular weight excluding hydrogens is 258 g/mol. The molecule has 1 aromatic rings. The van der Waals surface area contributed by atoms with E-state index in [1.54, 1.807) is 19.2 Å². The third-order valence-electron chi connectivity index (χ3n) is 3.54. The molecule has 1 atom stereocenters. The summed E-state index contributed by atoms with van der Waals surface area (Å²) in [4.78, 5) is 17.7. The van der Waals surface area contributed by atoms with E-state index in [4.69, 9.17) is 4.74 Å². The van der Waals surface area contributed by atoms with Crippen molar-refractivity contribution in [2.45, 2.75) is 20.0 Å². The van der Waals surface area contributed by atoms with Crippen LogP contribution in [0.1, 0.15) is 22.8 Å². The lowest BCUT2D eigenvalue weighted by Crippen LogP contribution is -2.45. The van der Waals surface area contributed by atoms with Gasteiger partial charge in [0.15, 0.2) is 0 Å². The lowest BCUT2D eigenvalue weighted by Gasteiger charge is -2.32. The highest BCUT2D eigenvalue weighted by atomic mass is 16.5. The highest BCUT2D eigenvalue weighted by molar-refractivity contribution is 5.94. The van der Waals surface area contributed by atoms with Gasteiger partial charge in [-0.3, -0.25) is 4.90 Å². The number of likely N-dealkylation sites (N-methyl/N-ethyl adjacent to an activating group) is 1. The van der Waals surface area contributed by atoms with E-state index in [2.05, 4.69) is 22.1 Å². The third-order valence-corrected chi connectivity index (χ3v) is 3.54. The van der Waals surface area contributed by atoms with Gasteiger partial charge >= 0.3 is 5.97 Å². The Balaban J connectivity index is 2.00. The molecule has 1 aromatic heterocycles. The van der Waals surface area contributed by atoms with Gasteiger partial charge in [0, 0.05) is 25.8 Å². The fraction of sp³-hybridized carbons (Fsp3) is 0.571. The molecule has 0 aliphatic carbocycles. The summed E-state index contributed by atoms with van der Waals surface area (Å²) in [7, 11) is 0. The Morgan fingerprint density at radius 3 is 3.15 bits per heavy atom. The van der Waals surface area contributed by atoms with Crippen LogP contribution in [0.4, 0.5) is 5.82 Å². The molecule has 0 radical (unpaired) electrons. The fourth-order valence-electron chi connectivity index (χ4n) is 2.36. The summed E-state index contributed by atoms with van der Waals surface area (Å²) < 4.78 is 5.68. The Kier molecular flexibility index (Phi) is 4.92. The van der Waals surface area contributed by atoms with Crippen LogP contribution in [-0.2, 0) is 4.74 Å². The summed E-state index contributed by atoms with van der Waals surface area (Å²) in [6.07, 6.45) is 1.68. The summed E-state index contributed by atoms with van der Waals surface area (Å²) in [6.45, 7) is 7.99. The molecule has 1 aliphatic rings. The van der Waals surface area contributed by atoms with Gasteiger partial charge in [-0.2, -0.15) is 0 Å². The van der Waals surface area contributed by atoms with Crippen molar-refractivity contribution in [3.8, 4) is 0 Å². The van der Waals surface area contributed by atoms with Crippen LogP contribution < -0.4 is 5.32 Å². The molecular formula is C14H21N3O3. The van der Waals surface area contributed by atoms with E-state index >= 15 is 0 Å². The fourth-order valence-corrected chi connectivity index (χ4v) is 2.36. The highest BCUT2D eigenvalue weighted by Crippen LogP contribution is 2.17. The van der Waals surface area contributed by atoms with Gasteiger partial charge in [-0.15, -0.1) is 0 Å². The number of carbonyl (C=O) groups is 1. The molecule has 6 heteroatoms. The van der Waals surface area contributed by atoms with E-state index in [9.17, 15) is 9.90 Å². The molecule has 110 valence electrons. The molecule has 20 heavy (non-hydrogen) atoms. The van der Waals surface area contributed by atoms with Gasteiger partial charge in [-0.25, -0.2) is 9.78 Å². The van der Waals surface area contributed by atoms with Crippen molar-refractivity contribution in [3.63, 3.8) is 0 Å². The van der Waals surface area contributed by atoms with Gasteiger partial charge in [0.25, 0.3) is 0 Å². The van der Waals surface area contributed by atoms with Crippen LogP contribution in [-0.4, -0.2) is 59.8 Å². The predicted molar refractivity (Wildman–Crippen MR) is 76.3 cm³/mol. The Hall–Kier alpha value is -1.66. The van der Waals surface area contributed by atoms with Crippen LogP contribution in [0.5, 0.6) is 0 Å². The van der Waals surface area contributed by atoms with E-state index in [0.717, 1.165) is 19.6 Å². The summed E-state index contributed by atoms with van der Waals surface area (Å²) in [6, 6.07) is 1.70. The van der Waals surface area contributed by atoms with Gasteiger partial charge in [0.05, 0.1) is 12.7 Å². The number of ether oxygens (including phenoxy) is 1. The Morgan fingerprint density at radius 2 is 2.45 bits per heavy atom. The number of nitrogens with one attached hydrogen (secondary N) is 1. The number of aromatic carboxylic acids is 1. The monoisotopic (exact) mass is 279 g/mol. The maximum atomic E-state index is 11.3. The van der Waals surface area contributed by atoms with Crippen LogP contribution in [0.3, 0.4) is 0 Å². The van der Waals surface area contributed by atoms with Crippen molar-refractivity contribution < 1.29 is 14.6 Å². The zero-order valence-corrected chi connectivity index (χ0v) is 11.9. The second kappa shape index (κ2) is 6.67. The first-order valence-corrected chi connectivity index (χ1v) is 6.88. The first kappa shape index (κ1) is 14.7. The second-order valence-electron chi connectivity index (χ2n) is 4.92. The number of carboxylic acids is 1. The van der Waals surface area contributed by atoms with Crippen LogP contribution in [0.15, 0.2) is 12.3 Å². The smallest absolute Gasteiger partial charge is 0.339 e. The Bertz CT molecular complexity index is 479. The van der Waals surface area contributed by atoms with Crippen molar-refractivity contribution in [3.05, 3.63) is 23.4 Å². The second-order valence-corrected chi connectivity index (χ2v) is 4.92. The number of morpholine rings is 1. The number of anilines is 1. The zero-order valence-electron chi connectivity index (χ0n) is 11.9. The largest absolute Gasteiger partial charge is 0.478 e. The predicted octanol–water partition coefficient (Wildman–Crippen LogP) is 1.22. The molecule has 0 bridgehead atoms. The summed E-state index contributed by atoms with van der Waals surface area (Å²) in [5.74, 6) is -0.549. The van der Waals surface area contributed by atoms with Gasteiger partial charge in [0.1, 0.15) is 11.4 Å². The highest BCUT2D eigenvalue weighted by Gasteiger charge is 2.20. The van der Waals surface area contributed by atoms with E-state index in [0.29, 0.717) is 24.5 Å². The van der Waals surface area contributed by atoms with E-state index in [-0.39, 0.29) is 11.7 Å². The van der Waals surface area contributed by atoms with Gasteiger partial charge in [0.2, 0.25) is 0 Å². The minimum atomic E-state index is -0.960. The first-order chi connectivity index (χ1) is 9.61. The lowest BCUT2D eigenvalue weighted by molar-refractivity contribution is -0.0192. The van der Waals surface area contributed by atoms with E-state index in [1.165, 1.54) is 0 Å². The zero-order chi connectivity index (χ0) is 14.5. The molecule has 2 rings (SSSR count). The van der Waals surface area contributed by atoms with Crippen LogP contribution in [0.25, 0.3) is 0 Å². The van der Waals surface area contributed by atoms with E-state index < -0.39 is 5.97 Å². The number of pyridine rings is 1. The molecule has 0 saturated carbocycles. The maximum absolute atomic E-state index is 11.3. The number of carboxylic acid groups (broad SMARTS) is 1. The number of aryl methyl sites for hydroxylation is 1. The van der Waals surface area contributed by atoms with Crippen LogP contribution in [0, 0.1) is 6.92 Å². The number of rotatable bonds is 5. The van der Waals surface area contributed by atoms with Crippen molar-refractivity contribution in [1.29, 1.82) is 0 Å². The first-order valence-electron chi connectivity index (χ1n) is 6.88. The minimum absolute atomic E-state index is 0.0626. The Morgan fingerprint density at radius 1 is 1.65 bits per heavy atom. The van der Waals surface area contributed by atoms with Crippen molar-refractivity contribution in [1.82, 2.24) is 9.88 Å². The number of hydrogen-bond donors (Lipinski definition) is 2. The van der Waals surface area contributed by atoms with Gasteiger partial charge < -0.3 is 15.2 Å². The molecule has 1 aliphatic heterocycles. The molecule has 2 heterocycles. The number of aromatic nitrogens is 1. The van der Waals surface area contributed by atoms with Crippen molar-refractivity contribution in [2.75, 3.05) is 38.1 Å². The maximum Gasteiger partial charge on any atom is 0.339 e. The standard InChI is InChI=1S/C14H21N3O3/c1-3-17-6-7-20-11(9-17)8-16-13-12(14(18)19)10(2)4-5-15-13/h4-5,11H,3,6-9H2,1-2H3,(H,15,16)(H,18,19). The summed E-state index contributed by atoms with van der Waals surface area (Å²) in [5.41, 5.74) is 0.936. The van der Waals surface area contributed by atoms with Crippen molar-refractivity contribution in [2.24, 2.45) is 0 Å². The molecule has 0 aromatic carbocycles. The van der Waals surface area contributed by atoms with Crippen LogP contribution in [0.2, 0.25) is 0 Å². The Labute approximate surface area is 118 Å². The minimum Gasteiger partial charge on any atom is -0.478 e. The van der Waals surface area contributed by atoms with Gasteiger partial charge in [-0.05, 0) is 25.1 Å². The summed E-state index contributed by atoms with van der Waals surface area (Å²) in [5, 5.41) is 12.4. The molecule has 6 nitrogen and oxygen atoms in total. The molecule has 2 N–H and O–H groups in total. The average molecular weight is 279 g/mol. The third kappa shape index (κ3) is 3.46. The lowest BCUT2D eigenvalue weighted by atomic mass is 10.1. The van der Waals surface area contributed by atoms with Gasteiger partial charge in [-0.1, -0.05) is 6.92 Å². The molecule has 0 spiro atoms. The number of hydrogen-bond acceptors (Lipinski definition) is 5.